The smallest absolute Gasteiger partial charge is 0.267 e. The number of rotatable bonds is 5. The molecule has 0 saturated heterocycles. The van der Waals surface area contributed by atoms with Gasteiger partial charge in [-0.3, -0.25) is 4.79 Å². The van der Waals surface area contributed by atoms with Gasteiger partial charge in [0.05, 0.1) is 17.1 Å². The fourth-order valence-corrected chi connectivity index (χ4v) is 5.61. The van der Waals surface area contributed by atoms with Crippen LogP contribution in [0.1, 0.15) is 49.4 Å². The molecule has 3 aromatic carbocycles. The Balaban J connectivity index is 1.58. The second-order valence-electron chi connectivity index (χ2n) is 8.28. The lowest BCUT2D eigenvalue weighted by Crippen LogP contribution is -2.25. The molecule has 0 radical (unpaired) electrons. The first kappa shape index (κ1) is 22.1. The molecule has 5 rings (SSSR count). The summed E-state index contributed by atoms with van der Waals surface area (Å²) in [6.07, 6.45) is 7.46. The maximum atomic E-state index is 13.5. The molecule has 4 nitrogen and oxygen atoms in total. The van der Waals surface area contributed by atoms with Crippen LogP contribution in [-0.2, 0) is 0 Å². The normalized spacial score (nSPS) is 14.8. The molecule has 1 heterocycles. The van der Waals surface area contributed by atoms with Crippen LogP contribution in [0.2, 0.25) is 0 Å². The third-order valence-corrected chi connectivity index (χ3v) is 7.60. The summed E-state index contributed by atoms with van der Waals surface area (Å²) in [5, 5.41) is 5.30. The second-order valence-corrected chi connectivity index (χ2v) is 10.3. The molecule has 1 saturated carbocycles. The van der Waals surface area contributed by atoms with Gasteiger partial charge in [0.2, 0.25) is 0 Å². The van der Waals surface area contributed by atoms with E-state index in [-0.39, 0.29) is 11.5 Å². The fourth-order valence-electron chi connectivity index (χ4n) is 4.32. The Labute approximate surface area is 205 Å². The molecule has 1 aliphatic carbocycles. The highest BCUT2D eigenvalue weighted by molar-refractivity contribution is 9.10. The van der Waals surface area contributed by atoms with E-state index in [1.165, 1.54) is 23.9 Å². The molecule has 6 heteroatoms. The third kappa shape index (κ3) is 4.97. The van der Waals surface area contributed by atoms with E-state index in [0.717, 1.165) is 44.0 Å². The Morgan fingerprint density at radius 3 is 2.55 bits per heavy atom. The number of fused-ring (bicyclic) bond motifs is 1. The highest BCUT2D eigenvalue weighted by Crippen LogP contribution is 2.32. The van der Waals surface area contributed by atoms with E-state index in [1.54, 1.807) is 18.0 Å². The van der Waals surface area contributed by atoms with Crippen molar-refractivity contribution in [3.05, 3.63) is 99.0 Å². The van der Waals surface area contributed by atoms with Crippen molar-refractivity contribution in [1.82, 2.24) is 9.66 Å². The Hall–Kier alpha value is -2.70. The topological polar surface area (TPSA) is 47.2 Å². The van der Waals surface area contributed by atoms with Crippen LogP contribution in [0.15, 0.2) is 97.0 Å². The summed E-state index contributed by atoms with van der Waals surface area (Å²) in [5.74, 6) is 1.03. The van der Waals surface area contributed by atoms with Gasteiger partial charge in [0.15, 0.2) is 0 Å². The lowest BCUT2D eigenvalue weighted by molar-refractivity contribution is 0.416. The molecule has 1 fully saturated rings. The Bertz CT molecular complexity index is 1360. The van der Waals surface area contributed by atoms with Crippen LogP contribution >= 0.6 is 27.7 Å². The van der Waals surface area contributed by atoms with Crippen LogP contribution in [0.3, 0.4) is 0 Å². The largest absolute Gasteiger partial charge is 0.282 e. The summed E-state index contributed by atoms with van der Waals surface area (Å²) >= 11 is 5.18. The van der Waals surface area contributed by atoms with E-state index in [2.05, 4.69) is 34.1 Å². The van der Waals surface area contributed by atoms with Crippen molar-refractivity contribution in [1.29, 1.82) is 0 Å². The maximum Gasteiger partial charge on any atom is 0.282 e. The molecule has 0 aliphatic heterocycles. The molecular formula is C27H24BrN3OS. The van der Waals surface area contributed by atoms with Crippen molar-refractivity contribution in [2.45, 2.75) is 47.8 Å². The minimum absolute atomic E-state index is 0.119. The van der Waals surface area contributed by atoms with Crippen LogP contribution < -0.4 is 5.56 Å². The molecule has 0 atom stereocenters. The minimum atomic E-state index is -0.119. The van der Waals surface area contributed by atoms with Crippen molar-refractivity contribution >= 4 is 44.8 Å². The van der Waals surface area contributed by atoms with Gasteiger partial charge in [-0.2, -0.15) is 9.78 Å². The SMILES string of the molecule is O=c1c2cc(Br)ccc2nc(C2CCCCC2)n1N=Cc1ccccc1Sc1ccccc1. The van der Waals surface area contributed by atoms with Crippen molar-refractivity contribution in [3.8, 4) is 0 Å². The van der Waals surface area contributed by atoms with Crippen LogP contribution in [-0.4, -0.2) is 15.9 Å². The number of halogens is 1. The van der Waals surface area contributed by atoms with Gasteiger partial charge in [0.1, 0.15) is 5.82 Å². The lowest BCUT2D eigenvalue weighted by Gasteiger charge is -2.22. The molecule has 0 N–H and O–H groups in total. The molecule has 0 spiro atoms. The predicted octanol–water partition coefficient (Wildman–Crippen LogP) is 7.24. The van der Waals surface area contributed by atoms with Crippen molar-refractivity contribution in [2.24, 2.45) is 5.10 Å². The summed E-state index contributed by atoms with van der Waals surface area (Å²) in [6.45, 7) is 0. The second kappa shape index (κ2) is 10.1. The number of hydrogen-bond donors (Lipinski definition) is 0. The number of aromatic nitrogens is 2. The summed E-state index contributed by atoms with van der Waals surface area (Å²) in [5.41, 5.74) is 1.59. The van der Waals surface area contributed by atoms with Crippen LogP contribution in [0.4, 0.5) is 0 Å². The molecule has 33 heavy (non-hydrogen) atoms. The van der Waals surface area contributed by atoms with E-state index in [9.17, 15) is 4.79 Å². The van der Waals surface area contributed by atoms with E-state index in [1.807, 2.05) is 54.6 Å². The fraction of sp³-hybridized carbons (Fsp3) is 0.222. The molecule has 1 aliphatic rings. The first-order valence-corrected chi connectivity index (χ1v) is 12.9. The monoisotopic (exact) mass is 517 g/mol. The van der Waals surface area contributed by atoms with Gasteiger partial charge in [0, 0.05) is 25.7 Å². The van der Waals surface area contributed by atoms with Gasteiger partial charge >= 0.3 is 0 Å². The highest BCUT2D eigenvalue weighted by atomic mass is 79.9. The quantitative estimate of drug-likeness (QED) is 0.262. The molecular weight excluding hydrogens is 494 g/mol. The maximum absolute atomic E-state index is 13.5. The number of benzene rings is 3. The van der Waals surface area contributed by atoms with E-state index in [0.29, 0.717) is 5.39 Å². The van der Waals surface area contributed by atoms with Crippen LogP contribution in [0.25, 0.3) is 10.9 Å². The zero-order valence-corrected chi connectivity index (χ0v) is 20.6. The summed E-state index contributed by atoms with van der Waals surface area (Å²) in [4.78, 5) is 20.7. The molecule has 166 valence electrons. The van der Waals surface area contributed by atoms with Gasteiger partial charge in [0.25, 0.3) is 5.56 Å². The Morgan fingerprint density at radius 1 is 0.970 bits per heavy atom. The van der Waals surface area contributed by atoms with Crippen molar-refractivity contribution < 1.29 is 0 Å². The van der Waals surface area contributed by atoms with E-state index < -0.39 is 0 Å². The molecule has 4 aromatic rings. The Kier molecular flexibility index (Phi) is 6.74. The first-order valence-electron chi connectivity index (χ1n) is 11.3. The molecule has 1 aromatic heterocycles. The van der Waals surface area contributed by atoms with Gasteiger partial charge in [-0.1, -0.05) is 83.4 Å². The standard InChI is InChI=1S/C27H24BrN3OS/c28-21-15-16-24-23(17-21)27(32)31(26(30-24)19-9-3-1-4-10-19)29-18-20-11-7-8-14-25(20)33-22-12-5-2-6-13-22/h2,5-8,11-19H,1,3-4,9-10H2. The van der Waals surface area contributed by atoms with E-state index >= 15 is 0 Å². The molecule has 0 bridgehead atoms. The predicted molar refractivity (Wildman–Crippen MR) is 140 cm³/mol. The number of hydrogen-bond acceptors (Lipinski definition) is 4. The first-order chi connectivity index (χ1) is 16.2. The zero-order chi connectivity index (χ0) is 22.6. The molecule has 0 unspecified atom stereocenters. The van der Waals surface area contributed by atoms with Gasteiger partial charge in [-0.15, -0.1) is 0 Å². The van der Waals surface area contributed by atoms with Crippen molar-refractivity contribution in [2.75, 3.05) is 0 Å². The molecule has 0 amide bonds. The lowest BCUT2D eigenvalue weighted by atomic mass is 9.88. The van der Waals surface area contributed by atoms with Gasteiger partial charge in [-0.25, -0.2) is 4.98 Å². The minimum Gasteiger partial charge on any atom is -0.267 e. The van der Waals surface area contributed by atoms with Gasteiger partial charge in [-0.05, 0) is 49.2 Å². The van der Waals surface area contributed by atoms with Crippen LogP contribution in [0, 0.1) is 0 Å². The highest BCUT2D eigenvalue weighted by Gasteiger charge is 2.22. The van der Waals surface area contributed by atoms with Crippen LogP contribution in [0.5, 0.6) is 0 Å². The summed E-state index contributed by atoms with van der Waals surface area (Å²) < 4.78 is 2.40. The van der Waals surface area contributed by atoms with Crippen molar-refractivity contribution in [3.63, 3.8) is 0 Å². The van der Waals surface area contributed by atoms with Gasteiger partial charge < -0.3 is 0 Å². The Morgan fingerprint density at radius 2 is 1.73 bits per heavy atom. The summed E-state index contributed by atoms with van der Waals surface area (Å²) in [7, 11) is 0. The average molecular weight is 518 g/mol. The average Bonchev–Trinajstić information content (AvgIpc) is 2.86. The number of nitrogens with zero attached hydrogens (tertiary/aromatic N) is 3. The zero-order valence-electron chi connectivity index (χ0n) is 18.2. The summed E-state index contributed by atoms with van der Waals surface area (Å²) in [6, 6.07) is 24.1. The van der Waals surface area contributed by atoms with E-state index in [4.69, 9.17) is 10.1 Å². The third-order valence-electron chi connectivity index (χ3n) is 6.01.